The van der Waals surface area contributed by atoms with Gasteiger partial charge in [-0.2, -0.15) is 0 Å². The third kappa shape index (κ3) is 3.14. The Bertz CT molecular complexity index is 943. The topological polar surface area (TPSA) is 107 Å². The predicted octanol–water partition coefficient (Wildman–Crippen LogP) is 2.07. The van der Waals surface area contributed by atoms with Crippen molar-refractivity contribution in [1.82, 2.24) is 4.90 Å². The summed E-state index contributed by atoms with van der Waals surface area (Å²) in [6.07, 6.45) is 0. The van der Waals surface area contributed by atoms with Gasteiger partial charge < -0.3 is 4.74 Å². The van der Waals surface area contributed by atoms with E-state index in [4.69, 9.17) is 4.74 Å². The van der Waals surface area contributed by atoms with Gasteiger partial charge in [-0.1, -0.05) is 18.2 Å². The zero-order valence-electron chi connectivity index (χ0n) is 13.2. The van der Waals surface area contributed by atoms with E-state index in [1.54, 1.807) is 6.07 Å². The van der Waals surface area contributed by atoms with E-state index in [2.05, 4.69) is 0 Å². The van der Waals surface area contributed by atoms with Crippen molar-refractivity contribution in [3.63, 3.8) is 0 Å². The van der Waals surface area contributed by atoms with E-state index in [-0.39, 0.29) is 17.7 Å². The first-order valence-electron chi connectivity index (χ1n) is 7.42. The predicted molar refractivity (Wildman–Crippen MR) is 84.7 cm³/mol. The smallest absolute Gasteiger partial charge is 0.326 e. The third-order valence-electron chi connectivity index (χ3n) is 3.75. The lowest BCUT2D eigenvalue weighted by molar-refractivity contribution is -0.385. The number of benzene rings is 2. The zero-order valence-corrected chi connectivity index (χ0v) is 13.2. The lowest BCUT2D eigenvalue weighted by atomic mass is 10.1. The van der Waals surface area contributed by atoms with Crippen LogP contribution in [0.1, 0.15) is 26.3 Å². The number of imide groups is 1. The molecule has 2 aromatic carbocycles. The Labute approximate surface area is 145 Å². The van der Waals surface area contributed by atoms with Crippen molar-refractivity contribution in [2.45, 2.75) is 6.61 Å². The Hall–Kier alpha value is -3.62. The summed E-state index contributed by atoms with van der Waals surface area (Å²) in [5.74, 6) is -3.13. The van der Waals surface area contributed by atoms with Crippen molar-refractivity contribution in [3.8, 4) is 0 Å². The molecule has 0 atom stereocenters. The van der Waals surface area contributed by atoms with Gasteiger partial charge in [-0.05, 0) is 23.8 Å². The number of carbonyl (C=O) groups excluding carboxylic acids is 3. The van der Waals surface area contributed by atoms with Crippen molar-refractivity contribution in [1.29, 1.82) is 0 Å². The van der Waals surface area contributed by atoms with E-state index in [0.717, 1.165) is 6.07 Å². The molecule has 0 spiro atoms. The van der Waals surface area contributed by atoms with E-state index < -0.39 is 40.8 Å². The van der Waals surface area contributed by atoms with Gasteiger partial charge in [-0.15, -0.1) is 0 Å². The second kappa shape index (κ2) is 6.71. The summed E-state index contributed by atoms with van der Waals surface area (Å²) in [5.41, 5.74) is -0.588. The van der Waals surface area contributed by atoms with Crippen LogP contribution in [0.5, 0.6) is 0 Å². The van der Waals surface area contributed by atoms with Crippen LogP contribution in [0.2, 0.25) is 0 Å². The highest BCUT2D eigenvalue weighted by Gasteiger charge is 2.41. The SMILES string of the molecule is O=C(CN1C(=O)c2cccc([N+](=O)[O-])c2C1=O)OCc1cccc(F)c1. The molecule has 1 aliphatic heterocycles. The number of nitrogens with zero attached hydrogens (tertiary/aromatic N) is 2. The minimum atomic E-state index is -0.931. The van der Waals surface area contributed by atoms with Crippen LogP contribution in [0, 0.1) is 15.9 Å². The summed E-state index contributed by atoms with van der Waals surface area (Å²) >= 11 is 0. The Morgan fingerprint density at radius 1 is 1.15 bits per heavy atom. The number of nitro groups is 1. The average molecular weight is 358 g/mol. The van der Waals surface area contributed by atoms with Gasteiger partial charge in [0.2, 0.25) is 0 Å². The number of esters is 1. The molecule has 0 radical (unpaired) electrons. The summed E-state index contributed by atoms with van der Waals surface area (Å²) in [7, 11) is 0. The maximum atomic E-state index is 13.1. The maximum absolute atomic E-state index is 13.1. The lowest BCUT2D eigenvalue weighted by Crippen LogP contribution is -2.35. The monoisotopic (exact) mass is 358 g/mol. The molecule has 132 valence electrons. The Balaban J connectivity index is 1.72. The molecule has 9 heteroatoms. The van der Waals surface area contributed by atoms with Crippen LogP contribution in [-0.4, -0.2) is 34.2 Å². The van der Waals surface area contributed by atoms with Crippen LogP contribution in [0.4, 0.5) is 10.1 Å². The van der Waals surface area contributed by atoms with Crippen LogP contribution in [-0.2, 0) is 16.1 Å². The molecule has 0 aromatic heterocycles. The fourth-order valence-electron chi connectivity index (χ4n) is 2.58. The van der Waals surface area contributed by atoms with Crippen molar-refractivity contribution < 1.29 is 28.4 Å². The minimum Gasteiger partial charge on any atom is -0.459 e. The van der Waals surface area contributed by atoms with Crippen LogP contribution in [0.15, 0.2) is 42.5 Å². The first kappa shape index (κ1) is 17.2. The van der Waals surface area contributed by atoms with Gasteiger partial charge >= 0.3 is 5.97 Å². The van der Waals surface area contributed by atoms with Gasteiger partial charge in [0.05, 0.1) is 10.5 Å². The second-order valence-corrected chi connectivity index (χ2v) is 5.44. The number of amides is 2. The standard InChI is InChI=1S/C17H11FN2O6/c18-11-4-1-3-10(7-11)9-26-14(21)8-19-16(22)12-5-2-6-13(20(24)25)15(12)17(19)23/h1-7H,8-9H2. The molecule has 0 N–H and O–H groups in total. The number of hydrogen-bond donors (Lipinski definition) is 0. The number of halogens is 1. The molecule has 1 aliphatic rings. The van der Waals surface area contributed by atoms with Gasteiger partial charge in [-0.25, -0.2) is 4.39 Å². The van der Waals surface area contributed by atoms with Gasteiger partial charge in [0, 0.05) is 6.07 Å². The van der Waals surface area contributed by atoms with Gasteiger partial charge in [0.1, 0.15) is 24.5 Å². The largest absolute Gasteiger partial charge is 0.459 e. The molecule has 2 amide bonds. The van der Waals surface area contributed by atoms with Crippen LogP contribution in [0.25, 0.3) is 0 Å². The number of rotatable bonds is 5. The molecular formula is C17H11FN2O6. The minimum absolute atomic E-state index is 0.137. The van der Waals surface area contributed by atoms with E-state index in [1.165, 1.54) is 30.3 Å². The maximum Gasteiger partial charge on any atom is 0.326 e. The van der Waals surface area contributed by atoms with Crippen molar-refractivity contribution in [2.75, 3.05) is 6.54 Å². The Kier molecular flexibility index (Phi) is 4.44. The van der Waals surface area contributed by atoms with Crippen LogP contribution >= 0.6 is 0 Å². The molecule has 8 nitrogen and oxygen atoms in total. The summed E-state index contributed by atoms with van der Waals surface area (Å²) in [6, 6.07) is 9.07. The van der Waals surface area contributed by atoms with Crippen molar-refractivity contribution >= 4 is 23.5 Å². The molecule has 2 aromatic rings. The number of nitro benzene ring substituents is 1. The number of ether oxygens (including phenoxy) is 1. The summed E-state index contributed by atoms with van der Waals surface area (Å²) < 4.78 is 18.0. The highest BCUT2D eigenvalue weighted by Crippen LogP contribution is 2.30. The molecule has 0 bridgehead atoms. The Morgan fingerprint density at radius 2 is 1.88 bits per heavy atom. The molecular weight excluding hydrogens is 347 g/mol. The molecule has 26 heavy (non-hydrogen) atoms. The van der Waals surface area contributed by atoms with E-state index in [9.17, 15) is 28.9 Å². The average Bonchev–Trinajstić information content (AvgIpc) is 2.85. The van der Waals surface area contributed by atoms with E-state index in [0.29, 0.717) is 10.5 Å². The third-order valence-corrected chi connectivity index (χ3v) is 3.75. The molecule has 0 unspecified atom stereocenters. The fourth-order valence-corrected chi connectivity index (χ4v) is 2.58. The van der Waals surface area contributed by atoms with Crippen molar-refractivity contribution in [3.05, 3.63) is 75.1 Å². The summed E-state index contributed by atoms with van der Waals surface area (Å²) in [4.78, 5) is 47.4. The molecule has 0 fully saturated rings. The van der Waals surface area contributed by atoms with Gasteiger partial charge in [-0.3, -0.25) is 29.4 Å². The molecule has 3 rings (SSSR count). The molecule has 0 saturated heterocycles. The molecule has 1 heterocycles. The molecule has 0 aliphatic carbocycles. The first-order valence-corrected chi connectivity index (χ1v) is 7.42. The quantitative estimate of drug-likeness (QED) is 0.350. The number of fused-ring (bicyclic) bond motifs is 1. The van der Waals surface area contributed by atoms with Crippen LogP contribution in [0.3, 0.4) is 0 Å². The normalized spacial score (nSPS) is 12.9. The zero-order chi connectivity index (χ0) is 18.8. The van der Waals surface area contributed by atoms with Gasteiger partial charge in [0.25, 0.3) is 17.5 Å². The Morgan fingerprint density at radius 3 is 2.58 bits per heavy atom. The highest BCUT2D eigenvalue weighted by molar-refractivity contribution is 6.24. The fraction of sp³-hybridized carbons (Fsp3) is 0.118. The van der Waals surface area contributed by atoms with Crippen molar-refractivity contribution in [2.24, 2.45) is 0 Å². The van der Waals surface area contributed by atoms with E-state index >= 15 is 0 Å². The second-order valence-electron chi connectivity index (χ2n) is 5.44. The van der Waals surface area contributed by atoms with Gasteiger partial charge in [0.15, 0.2) is 0 Å². The summed E-state index contributed by atoms with van der Waals surface area (Å²) in [6.45, 7) is -0.932. The highest BCUT2D eigenvalue weighted by atomic mass is 19.1. The lowest BCUT2D eigenvalue weighted by Gasteiger charge is -2.13. The first-order chi connectivity index (χ1) is 12.4. The summed E-state index contributed by atoms with van der Waals surface area (Å²) in [5, 5.41) is 11.0. The van der Waals surface area contributed by atoms with Crippen LogP contribution < -0.4 is 0 Å². The number of hydrogen-bond acceptors (Lipinski definition) is 6. The van der Waals surface area contributed by atoms with E-state index in [1.807, 2.05) is 0 Å². The number of carbonyl (C=O) groups is 3. The molecule has 0 saturated carbocycles.